The van der Waals surface area contributed by atoms with E-state index in [4.69, 9.17) is 24.0 Å². The number of morpholine rings is 1. The molecule has 2 aliphatic rings. The number of hydrazone groups is 1. The van der Waals surface area contributed by atoms with Crippen LogP contribution in [0.5, 0.6) is 0 Å². The van der Waals surface area contributed by atoms with Gasteiger partial charge in [0.1, 0.15) is 11.3 Å². The third-order valence-corrected chi connectivity index (χ3v) is 7.44. The lowest BCUT2D eigenvalue weighted by Gasteiger charge is -2.29. The van der Waals surface area contributed by atoms with E-state index < -0.39 is 0 Å². The molecule has 4 rings (SSSR count). The molecule has 3 unspecified atom stereocenters. The summed E-state index contributed by atoms with van der Waals surface area (Å²) < 4.78 is 17.6. The molecular weight excluding hydrogens is 500 g/mol. The number of nitrogens with zero attached hydrogens (tertiary/aromatic N) is 4. The van der Waals surface area contributed by atoms with E-state index in [2.05, 4.69) is 60.9 Å². The summed E-state index contributed by atoms with van der Waals surface area (Å²) in [6.45, 7) is 13.2. The third kappa shape index (κ3) is 7.40. The zero-order valence-electron chi connectivity index (χ0n) is 24.5. The van der Waals surface area contributed by atoms with Crippen molar-refractivity contribution in [2.75, 3.05) is 43.3 Å². The predicted molar refractivity (Wildman–Crippen MR) is 166 cm³/mol. The van der Waals surface area contributed by atoms with E-state index in [-0.39, 0.29) is 17.9 Å². The molecule has 1 saturated heterocycles. The van der Waals surface area contributed by atoms with Gasteiger partial charge >= 0.3 is 0 Å². The topological polar surface area (TPSA) is 63.3 Å². The van der Waals surface area contributed by atoms with Crippen LogP contribution in [0.1, 0.15) is 58.1 Å². The van der Waals surface area contributed by atoms with Crippen molar-refractivity contribution in [3.05, 3.63) is 79.3 Å². The van der Waals surface area contributed by atoms with Crippen LogP contribution in [-0.2, 0) is 9.47 Å². The van der Waals surface area contributed by atoms with Gasteiger partial charge in [-0.25, -0.2) is 9.99 Å². The van der Waals surface area contributed by atoms with Crippen molar-refractivity contribution in [2.24, 2.45) is 11.0 Å². The number of hydrogen-bond donors (Lipinski definition) is 0. The number of anilines is 2. The largest absolute Gasteiger partial charge is 0.457 e. The highest BCUT2D eigenvalue weighted by atomic mass is 16.5. The molecule has 0 spiro atoms. The molecule has 2 aliphatic heterocycles. The smallest absolute Gasteiger partial charge is 0.176 e. The maximum absolute atomic E-state index is 6.52. The van der Waals surface area contributed by atoms with Gasteiger partial charge in [0.25, 0.3) is 0 Å². The molecule has 0 radical (unpaired) electrons. The molecule has 0 bridgehead atoms. The van der Waals surface area contributed by atoms with Crippen molar-refractivity contribution in [3.8, 4) is 0 Å². The Labute approximate surface area is 239 Å². The minimum Gasteiger partial charge on any atom is -0.457 e. The summed E-state index contributed by atoms with van der Waals surface area (Å²) in [5, 5.41) is 6.94. The third-order valence-electron chi connectivity index (χ3n) is 7.44. The van der Waals surface area contributed by atoms with Crippen LogP contribution in [0.25, 0.3) is 11.1 Å². The van der Waals surface area contributed by atoms with E-state index in [0.29, 0.717) is 13.2 Å². The molecule has 2 aromatic rings. The fourth-order valence-corrected chi connectivity index (χ4v) is 5.11. The van der Waals surface area contributed by atoms with E-state index in [1.54, 1.807) is 7.11 Å². The summed E-state index contributed by atoms with van der Waals surface area (Å²) in [6, 6.07) is 4.21. The summed E-state index contributed by atoms with van der Waals surface area (Å²) >= 11 is 0. The molecule has 214 valence electrons. The first-order chi connectivity index (χ1) is 19.6. The van der Waals surface area contributed by atoms with E-state index >= 15 is 0 Å². The summed E-state index contributed by atoms with van der Waals surface area (Å²) in [7, 11) is 1.73. The van der Waals surface area contributed by atoms with E-state index in [1.165, 1.54) is 0 Å². The van der Waals surface area contributed by atoms with Gasteiger partial charge in [-0.3, -0.25) is 0 Å². The zero-order valence-corrected chi connectivity index (χ0v) is 24.5. The van der Waals surface area contributed by atoms with Gasteiger partial charge in [-0.15, -0.1) is 6.58 Å². The normalized spacial score (nSPS) is 18.8. The minimum absolute atomic E-state index is 0.0917. The number of rotatable bonds is 13. The number of hydrogen-bond acceptors (Lipinski definition) is 7. The van der Waals surface area contributed by atoms with E-state index in [9.17, 15) is 0 Å². The number of fused-ring (bicyclic) bond motifs is 1. The number of furan rings is 1. The first-order valence-electron chi connectivity index (χ1n) is 14.5. The second-order valence-corrected chi connectivity index (χ2v) is 10.3. The lowest BCUT2D eigenvalue weighted by molar-refractivity contribution is 0.122. The molecule has 7 heteroatoms. The Bertz CT molecular complexity index is 1270. The highest BCUT2D eigenvalue weighted by Crippen LogP contribution is 2.36. The monoisotopic (exact) mass is 544 g/mol. The zero-order chi connectivity index (χ0) is 28.3. The first kappa shape index (κ1) is 29.6. The maximum Gasteiger partial charge on any atom is 0.176 e. The van der Waals surface area contributed by atoms with Gasteiger partial charge in [0.2, 0.25) is 0 Å². The Balaban J connectivity index is 1.66. The number of methoxy groups -OCH3 is 1. The van der Waals surface area contributed by atoms with Gasteiger partial charge < -0.3 is 18.8 Å². The quantitative estimate of drug-likeness (QED) is 0.192. The minimum atomic E-state index is 0.0917. The van der Waals surface area contributed by atoms with Gasteiger partial charge in [0, 0.05) is 56.8 Å². The van der Waals surface area contributed by atoms with Crippen LogP contribution < -0.4 is 9.91 Å². The molecule has 0 aromatic carbocycles. The summed E-state index contributed by atoms with van der Waals surface area (Å²) in [6.07, 6.45) is 22.5. The highest BCUT2D eigenvalue weighted by molar-refractivity contribution is 5.94. The van der Waals surface area contributed by atoms with Crippen molar-refractivity contribution in [1.29, 1.82) is 0 Å². The van der Waals surface area contributed by atoms with Crippen LogP contribution in [0.4, 0.5) is 11.5 Å². The van der Waals surface area contributed by atoms with Crippen LogP contribution in [0, 0.1) is 5.92 Å². The Morgan fingerprint density at radius 3 is 2.65 bits per heavy atom. The average Bonchev–Trinajstić information content (AvgIpc) is 3.43. The lowest BCUT2D eigenvalue weighted by Crippen LogP contribution is -2.36. The van der Waals surface area contributed by atoms with Crippen molar-refractivity contribution in [3.63, 3.8) is 0 Å². The van der Waals surface area contributed by atoms with Crippen LogP contribution in [0.15, 0.2) is 83.0 Å². The number of aromatic nitrogens is 1. The van der Waals surface area contributed by atoms with Crippen molar-refractivity contribution >= 4 is 28.3 Å². The van der Waals surface area contributed by atoms with Crippen LogP contribution in [-0.4, -0.2) is 50.2 Å². The summed E-state index contributed by atoms with van der Waals surface area (Å²) in [4.78, 5) is 7.38. The lowest BCUT2D eigenvalue weighted by atomic mass is 9.98. The fourth-order valence-electron chi connectivity index (χ4n) is 5.11. The first-order valence-corrected chi connectivity index (χ1v) is 14.5. The van der Waals surface area contributed by atoms with E-state index in [1.807, 2.05) is 43.3 Å². The Morgan fingerprint density at radius 1 is 1.10 bits per heavy atom. The van der Waals surface area contributed by atoms with Crippen LogP contribution in [0.3, 0.4) is 0 Å². The van der Waals surface area contributed by atoms with Crippen molar-refractivity contribution < 1.29 is 13.9 Å². The van der Waals surface area contributed by atoms with Crippen LogP contribution in [0.2, 0.25) is 0 Å². The number of allylic oxidation sites excluding steroid dienone is 7. The average molecular weight is 545 g/mol. The molecule has 40 heavy (non-hydrogen) atoms. The Kier molecular flexibility index (Phi) is 11.0. The molecule has 0 saturated carbocycles. The number of ether oxygens (including phenoxy) is 2. The van der Waals surface area contributed by atoms with Crippen molar-refractivity contribution in [1.82, 2.24) is 4.98 Å². The van der Waals surface area contributed by atoms with Crippen LogP contribution >= 0.6 is 0 Å². The highest BCUT2D eigenvalue weighted by Gasteiger charge is 2.23. The van der Waals surface area contributed by atoms with Gasteiger partial charge in [0.15, 0.2) is 11.4 Å². The Hall–Kier alpha value is -3.42. The van der Waals surface area contributed by atoms with Gasteiger partial charge in [-0.05, 0) is 33.1 Å². The number of pyridine rings is 1. The van der Waals surface area contributed by atoms with Gasteiger partial charge in [-0.2, -0.15) is 5.10 Å². The molecule has 0 amide bonds. The molecule has 0 aliphatic carbocycles. The molecule has 2 aromatic heterocycles. The second-order valence-electron chi connectivity index (χ2n) is 10.3. The fraction of sp³-hybridized carbons (Fsp3) is 0.455. The molecular formula is C33H44N4O3. The second kappa shape index (κ2) is 14.8. The van der Waals surface area contributed by atoms with E-state index in [0.717, 1.165) is 72.8 Å². The summed E-state index contributed by atoms with van der Waals surface area (Å²) in [5.74, 6) is 2.13. The summed E-state index contributed by atoms with van der Waals surface area (Å²) in [5.41, 5.74) is 3.81. The predicted octanol–water partition coefficient (Wildman–Crippen LogP) is 7.54. The Morgan fingerprint density at radius 2 is 1.93 bits per heavy atom. The molecule has 7 nitrogen and oxygen atoms in total. The van der Waals surface area contributed by atoms with Gasteiger partial charge in [0.05, 0.1) is 30.7 Å². The molecule has 0 N–H and O–H groups in total. The molecule has 4 heterocycles. The van der Waals surface area contributed by atoms with Gasteiger partial charge in [-0.1, -0.05) is 55.5 Å². The SMILES string of the molecule is C=CC(CCCC(C)c1cc2nc(N3C=CCC(C(C=C/C=C\C)/C=C/C)=N3)cc(N3CCOCC3)c2o1)OC. The molecule has 1 fully saturated rings. The standard InChI is InChI=1S/C33H44N4O3/c1-6-9-10-15-26(13-7-2)28-17-12-18-37(35-28)32-24-30(36-19-21-39-22-20-36)33-29(34-32)23-31(40-33)25(4)14-11-16-27(8-3)38-5/h6-10,12-13,15,18,23-27H,3,11,14,16-17,19-22H2,1-2,4-5H3/b9-6-,13-7+,15-10?. The van der Waals surface area contributed by atoms with Crippen molar-refractivity contribution in [2.45, 2.75) is 58.5 Å². The molecule has 3 atom stereocenters. The maximum atomic E-state index is 6.52.